The molecule has 0 saturated heterocycles. The van der Waals surface area contributed by atoms with Gasteiger partial charge in [-0.2, -0.15) is 0 Å². The summed E-state index contributed by atoms with van der Waals surface area (Å²) in [6.45, 7) is 4.29. The lowest BCUT2D eigenvalue weighted by Gasteiger charge is -2.13. The first kappa shape index (κ1) is 13.2. The number of aromatic hydroxyl groups is 1. The molecule has 0 saturated carbocycles. The summed E-state index contributed by atoms with van der Waals surface area (Å²) in [7, 11) is 0. The first-order valence-electron chi connectivity index (χ1n) is 6.53. The Morgan fingerprint density at radius 3 is 2.45 bits per heavy atom. The molecule has 0 spiro atoms. The number of benzene rings is 2. The van der Waals surface area contributed by atoms with E-state index in [2.05, 4.69) is 40.4 Å². The van der Waals surface area contributed by atoms with Crippen LogP contribution in [0.2, 0.25) is 0 Å². The van der Waals surface area contributed by atoms with E-state index in [4.69, 9.17) is 4.98 Å². The highest BCUT2D eigenvalue weighted by Gasteiger charge is 2.15. The fourth-order valence-corrected chi connectivity index (χ4v) is 2.76. The van der Waals surface area contributed by atoms with Crippen molar-refractivity contribution in [3.63, 3.8) is 0 Å². The van der Waals surface area contributed by atoms with Gasteiger partial charge in [-0.25, -0.2) is 4.98 Å². The molecule has 2 aromatic carbocycles. The molecular formula is C16H15BrN2O. The molecular weight excluding hydrogens is 316 g/mol. The highest BCUT2D eigenvalue weighted by molar-refractivity contribution is 9.10. The Hall–Kier alpha value is -1.81. The largest absolute Gasteiger partial charge is 0.508 e. The number of phenols is 1. The maximum Gasteiger partial charge on any atom is 0.141 e. The second-order valence-electron chi connectivity index (χ2n) is 5.08. The molecule has 0 fully saturated rings. The van der Waals surface area contributed by atoms with E-state index in [1.54, 1.807) is 12.1 Å². The molecule has 102 valence electrons. The smallest absolute Gasteiger partial charge is 0.141 e. The summed E-state index contributed by atoms with van der Waals surface area (Å²) in [6.07, 6.45) is 0. The fraction of sp³-hybridized carbons (Fsp3) is 0.188. The SMILES string of the molecule is CC(C)n1c(-c2ccc(O)cc2)nc2cc(Br)ccc21. The Labute approximate surface area is 126 Å². The van der Waals surface area contributed by atoms with Crippen LogP contribution in [0.3, 0.4) is 0 Å². The number of phenolic OH excluding ortho intramolecular Hbond substituents is 1. The van der Waals surface area contributed by atoms with Gasteiger partial charge in [0.15, 0.2) is 0 Å². The number of aromatic nitrogens is 2. The van der Waals surface area contributed by atoms with Crippen LogP contribution >= 0.6 is 15.9 Å². The van der Waals surface area contributed by atoms with Crippen LogP contribution in [0.1, 0.15) is 19.9 Å². The standard InChI is InChI=1S/C16H15BrN2O/c1-10(2)19-15-8-5-12(17)9-14(15)18-16(19)11-3-6-13(20)7-4-11/h3-10,20H,1-2H3. The molecule has 1 N–H and O–H groups in total. The average molecular weight is 331 g/mol. The summed E-state index contributed by atoms with van der Waals surface area (Å²) in [6, 6.07) is 13.6. The minimum absolute atomic E-state index is 0.267. The van der Waals surface area contributed by atoms with Crippen LogP contribution in [0.25, 0.3) is 22.4 Å². The number of rotatable bonds is 2. The summed E-state index contributed by atoms with van der Waals surface area (Å²) in [5.41, 5.74) is 3.09. The molecule has 0 amide bonds. The van der Waals surface area contributed by atoms with Gasteiger partial charge in [-0.3, -0.25) is 0 Å². The topological polar surface area (TPSA) is 38.0 Å². The van der Waals surface area contributed by atoms with E-state index in [-0.39, 0.29) is 5.75 Å². The zero-order valence-electron chi connectivity index (χ0n) is 11.3. The monoisotopic (exact) mass is 330 g/mol. The van der Waals surface area contributed by atoms with Gasteiger partial charge in [0.1, 0.15) is 11.6 Å². The zero-order chi connectivity index (χ0) is 14.3. The van der Waals surface area contributed by atoms with E-state index in [1.807, 2.05) is 24.3 Å². The van der Waals surface area contributed by atoms with Crippen molar-refractivity contribution in [2.75, 3.05) is 0 Å². The molecule has 0 atom stereocenters. The first-order chi connectivity index (χ1) is 9.56. The molecule has 0 aliphatic carbocycles. The van der Waals surface area contributed by atoms with Crippen molar-refractivity contribution < 1.29 is 5.11 Å². The highest BCUT2D eigenvalue weighted by atomic mass is 79.9. The van der Waals surface area contributed by atoms with Crippen molar-refractivity contribution in [3.05, 3.63) is 46.9 Å². The molecule has 3 nitrogen and oxygen atoms in total. The minimum atomic E-state index is 0.267. The van der Waals surface area contributed by atoms with Gasteiger partial charge >= 0.3 is 0 Å². The molecule has 0 radical (unpaired) electrons. The van der Waals surface area contributed by atoms with Gasteiger partial charge in [-0.15, -0.1) is 0 Å². The van der Waals surface area contributed by atoms with Gasteiger partial charge in [-0.1, -0.05) is 15.9 Å². The van der Waals surface area contributed by atoms with Crippen LogP contribution in [0, 0.1) is 0 Å². The molecule has 3 rings (SSSR count). The van der Waals surface area contributed by atoms with Crippen LogP contribution in [0.4, 0.5) is 0 Å². The predicted octanol–water partition coefficient (Wildman–Crippen LogP) is 4.75. The average Bonchev–Trinajstić information content (AvgIpc) is 2.77. The van der Waals surface area contributed by atoms with Crippen molar-refractivity contribution in [1.82, 2.24) is 9.55 Å². The number of hydrogen-bond acceptors (Lipinski definition) is 2. The molecule has 0 unspecified atom stereocenters. The van der Waals surface area contributed by atoms with E-state index < -0.39 is 0 Å². The molecule has 0 aliphatic rings. The normalized spacial score (nSPS) is 11.4. The number of nitrogens with zero attached hydrogens (tertiary/aromatic N) is 2. The molecule has 3 aromatic rings. The van der Waals surface area contributed by atoms with Crippen molar-refractivity contribution >= 4 is 27.0 Å². The fourth-order valence-electron chi connectivity index (χ4n) is 2.41. The van der Waals surface area contributed by atoms with E-state index in [0.29, 0.717) is 6.04 Å². The predicted molar refractivity (Wildman–Crippen MR) is 84.9 cm³/mol. The number of imidazole rings is 1. The summed E-state index contributed by atoms with van der Waals surface area (Å²) in [4.78, 5) is 4.75. The van der Waals surface area contributed by atoms with Gasteiger partial charge < -0.3 is 9.67 Å². The van der Waals surface area contributed by atoms with Crippen molar-refractivity contribution in [1.29, 1.82) is 0 Å². The van der Waals surface area contributed by atoms with Gasteiger partial charge in [0.2, 0.25) is 0 Å². The molecule has 1 heterocycles. The number of fused-ring (bicyclic) bond motifs is 1. The Kier molecular flexibility index (Phi) is 3.26. The Morgan fingerprint density at radius 1 is 1.10 bits per heavy atom. The first-order valence-corrected chi connectivity index (χ1v) is 7.32. The lowest BCUT2D eigenvalue weighted by molar-refractivity contribution is 0.475. The van der Waals surface area contributed by atoms with Crippen LogP contribution in [0.15, 0.2) is 46.9 Å². The molecule has 0 aliphatic heterocycles. The van der Waals surface area contributed by atoms with Crippen molar-refractivity contribution in [2.24, 2.45) is 0 Å². The molecule has 1 aromatic heterocycles. The van der Waals surface area contributed by atoms with Gasteiger partial charge in [-0.05, 0) is 56.3 Å². The maximum absolute atomic E-state index is 9.42. The molecule has 4 heteroatoms. The second kappa shape index (κ2) is 4.94. The minimum Gasteiger partial charge on any atom is -0.508 e. The zero-order valence-corrected chi connectivity index (χ0v) is 12.9. The number of halogens is 1. The lowest BCUT2D eigenvalue weighted by atomic mass is 10.2. The van der Waals surface area contributed by atoms with Crippen molar-refractivity contribution in [3.8, 4) is 17.1 Å². The summed E-state index contributed by atoms with van der Waals surface area (Å²) < 4.78 is 3.24. The molecule has 0 bridgehead atoms. The molecule has 20 heavy (non-hydrogen) atoms. The third kappa shape index (κ3) is 2.20. The van der Waals surface area contributed by atoms with Gasteiger partial charge in [0, 0.05) is 16.1 Å². The van der Waals surface area contributed by atoms with Crippen LogP contribution in [-0.2, 0) is 0 Å². The number of hydrogen-bond donors (Lipinski definition) is 1. The lowest BCUT2D eigenvalue weighted by Crippen LogP contribution is -2.02. The van der Waals surface area contributed by atoms with Gasteiger partial charge in [0.25, 0.3) is 0 Å². The summed E-state index contributed by atoms with van der Waals surface area (Å²) >= 11 is 3.49. The Balaban J connectivity index is 2.28. The van der Waals surface area contributed by atoms with Crippen LogP contribution in [0.5, 0.6) is 5.75 Å². The van der Waals surface area contributed by atoms with Crippen LogP contribution in [-0.4, -0.2) is 14.7 Å². The third-order valence-corrected chi connectivity index (χ3v) is 3.79. The Morgan fingerprint density at radius 2 is 1.80 bits per heavy atom. The third-order valence-electron chi connectivity index (χ3n) is 3.29. The maximum atomic E-state index is 9.42. The quantitative estimate of drug-likeness (QED) is 0.736. The van der Waals surface area contributed by atoms with E-state index >= 15 is 0 Å². The van der Waals surface area contributed by atoms with E-state index in [1.165, 1.54) is 0 Å². The van der Waals surface area contributed by atoms with E-state index in [0.717, 1.165) is 26.9 Å². The van der Waals surface area contributed by atoms with Crippen molar-refractivity contribution in [2.45, 2.75) is 19.9 Å². The van der Waals surface area contributed by atoms with E-state index in [9.17, 15) is 5.11 Å². The highest BCUT2D eigenvalue weighted by Crippen LogP contribution is 2.30. The van der Waals surface area contributed by atoms with Gasteiger partial charge in [0.05, 0.1) is 11.0 Å². The summed E-state index contributed by atoms with van der Waals surface area (Å²) in [5, 5.41) is 9.42. The second-order valence-corrected chi connectivity index (χ2v) is 5.99. The van der Waals surface area contributed by atoms with Crippen LogP contribution < -0.4 is 0 Å². The Bertz CT molecular complexity index is 760. The summed E-state index contributed by atoms with van der Waals surface area (Å²) in [5.74, 6) is 1.19.